The van der Waals surface area contributed by atoms with Crippen LogP contribution in [0.3, 0.4) is 0 Å². The van der Waals surface area contributed by atoms with Gasteiger partial charge in [0, 0.05) is 24.4 Å². The Labute approximate surface area is 103 Å². The summed E-state index contributed by atoms with van der Waals surface area (Å²) in [5.74, 6) is 1.17. The molecule has 2 rings (SSSR count). The molecule has 0 amide bonds. The molecule has 0 spiro atoms. The van der Waals surface area contributed by atoms with Crippen molar-refractivity contribution in [2.45, 2.75) is 44.6 Å². The third kappa shape index (κ3) is 2.94. The van der Waals surface area contributed by atoms with Crippen LogP contribution in [0.1, 0.15) is 44.2 Å². The van der Waals surface area contributed by atoms with Crippen molar-refractivity contribution in [1.29, 1.82) is 0 Å². The van der Waals surface area contributed by atoms with Gasteiger partial charge in [0.1, 0.15) is 5.69 Å². The van der Waals surface area contributed by atoms with Crippen LogP contribution in [0.25, 0.3) is 0 Å². The summed E-state index contributed by atoms with van der Waals surface area (Å²) in [6, 6.07) is 0.616. The summed E-state index contributed by atoms with van der Waals surface area (Å²) in [7, 11) is 1.66. The first kappa shape index (κ1) is 12.3. The molecular formula is C13H21N3O. The van der Waals surface area contributed by atoms with Gasteiger partial charge in [-0.25, -0.2) is 4.98 Å². The molecule has 2 atom stereocenters. The Morgan fingerprint density at radius 1 is 1.35 bits per heavy atom. The second kappa shape index (κ2) is 5.96. The molecule has 1 N–H and O–H groups in total. The van der Waals surface area contributed by atoms with E-state index in [9.17, 15) is 0 Å². The van der Waals surface area contributed by atoms with Crippen molar-refractivity contribution in [3.8, 4) is 5.88 Å². The quantitative estimate of drug-likeness (QED) is 0.868. The molecule has 17 heavy (non-hydrogen) atoms. The Morgan fingerprint density at radius 2 is 2.18 bits per heavy atom. The SMILES string of the molecule is CCNC1CCCC(c2nccnc2OC)C1. The normalized spacial score (nSPS) is 24.6. The summed E-state index contributed by atoms with van der Waals surface area (Å²) in [5, 5.41) is 3.53. The van der Waals surface area contributed by atoms with Crippen LogP contribution < -0.4 is 10.1 Å². The summed E-state index contributed by atoms with van der Waals surface area (Å²) in [5.41, 5.74) is 1.03. The van der Waals surface area contributed by atoms with Crippen LogP contribution in [0.2, 0.25) is 0 Å². The van der Waals surface area contributed by atoms with E-state index in [4.69, 9.17) is 4.74 Å². The zero-order valence-corrected chi connectivity index (χ0v) is 10.6. The van der Waals surface area contributed by atoms with E-state index in [1.807, 2.05) is 0 Å². The second-order valence-electron chi connectivity index (χ2n) is 4.57. The molecule has 0 saturated heterocycles. The lowest BCUT2D eigenvalue weighted by molar-refractivity contribution is 0.324. The Bertz CT molecular complexity index is 354. The Hall–Kier alpha value is -1.16. The molecule has 1 aliphatic carbocycles. The number of methoxy groups -OCH3 is 1. The molecule has 0 bridgehead atoms. The Kier molecular flexibility index (Phi) is 4.31. The molecule has 0 aromatic carbocycles. The van der Waals surface area contributed by atoms with Gasteiger partial charge in [-0.2, -0.15) is 0 Å². The van der Waals surface area contributed by atoms with Crippen LogP contribution in [0, 0.1) is 0 Å². The number of hydrogen-bond donors (Lipinski definition) is 1. The Balaban J connectivity index is 2.10. The minimum absolute atomic E-state index is 0.483. The minimum atomic E-state index is 0.483. The third-order valence-electron chi connectivity index (χ3n) is 3.44. The molecular weight excluding hydrogens is 214 g/mol. The lowest BCUT2D eigenvalue weighted by Gasteiger charge is -2.29. The van der Waals surface area contributed by atoms with Gasteiger partial charge in [-0.3, -0.25) is 4.98 Å². The van der Waals surface area contributed by atoms with Crippen LogP contribution in [-0.4, -0.2) is 29.7 Å². The largest absolute Gasteiger partial charge is 0.480 e. The molecule has 0 radical (unpaired) electrons. The number of nitrogens with one attached hydrogen (secondary N) is 1. The molecule has 1 fully saturated rings. The van der Waals surface area contributed by atoms with E-state index in [0.29, 0.717) is 17.8 Å². The maximum atomic E-state index is 5.30. The summed E-state index contributed by atoms with van der Waals surface area (Å²) in [4.78, 5) is 8.69. The molecule has 0 aliphatic heterocycles. The van der Waals surface area contributed by atoms with Gasteiger partial charge in [0.25, 0.3) is 0 Å². The first-order valence-electron chi connectivity index (χ1n) is 6.43. The molecule has 4 heteroatoms. The van der Waals surface area contributed by atoms with Crippen LogP contribution in [0.15, 0.2) is 12.4 Å². The highest BCUT2D eigenvalue weighted by Crippen LogP contribution is 2.35. The zero-order chi connectivity index (χ0) is 12.1. The molecule has 4 nitrogen and oxygen atoms in total. The van der Waals surface area contributed by atoms with E-state index < -0.39 is 0 Å². The summed E-state index contributed by atoms with van der Waals surface area (Å²) >= 11 is 0. The van der Waals surface area contributed by atoms with Gasteiger partial charge in [-0.05, 0) is 25.8 Å². The van der Waals surface area contributed by atoms with Crippen LogP contribution in [0.4, 0.5) is 0 Å². The lowest BCUT2D eigenvalue weighted by atomic mass is 9.83. The molecule has 1 aromatic heterocycles. The summed E-state index contributed by atoms with van der Waals surface area (Å²) < 4.78 is 5.30. The van der Waals surface area contributed by atoms with E-state index in [2.05, 4.69) is 22.2 Å². The van der Waals surface area contributed by atoms with Gasteiger partial charge >= 0.3 is 0 Å². The number of hydrogen-bond acceptors (Lipinski definition) is 4. The number of aromatic nitrogens is 2. The summed E-state index contributed by atoms with van der Waals surface area (Å²) in [6.07, 6.45) is 8.30. The van der Waals surface area contributed by atoms with E-state index in [1.54, 1.807) is 19.5 Å². The molecule has 1 aliphatic rings. The predicted octanol–water partition coefficient (Wildman–Crippen LogP) is 2.12. The van der Waals surface area contributed by atoms with Crippen LogP contribution in [0.5, 0.6) is 5.88 Å². The van der Waals surface area contributed by atoms with Gasteiger partial charge in [0.05, 0.1) is 7.11 Å². The molecule has 94 valence electrons. The van der Waals surface area contributed by atoms with Crippen molar-refractivity contribution in [2.24, 2.45) is 0 Å². The molecule has 1 aromatic rings. The predicted molar refractivity (Wildman–Crippen MR) is 67.3 cm³/mol. The molecule has 1 heterocycles. The number of rotatable bonds is 4. The third-order valence-corrected chi connectivity index (χ3v) is 3.44. The summed E-state index contributed by atoms with van der Waals surface area (Å²) in [6.45, 7) is 3.20. The smallest absolute Gasteiger partial charge is 0.235 e. The van der Waals surface area contributed by atoms with Crippen molar-refractivity contribution in [1.82, 2.24) is 15.3 Å². The number of nitrogens with zero attached hydrogens (tertiary/aromatic N) is 2. The van der Waals surface area contributed by atoms with Crippen molar-refractivity contribution in [3.05, 3.63) is 18.1 Å². The standard InChI is InChI=1S/C13H21N3O/c1-3-14-11-6-4-5-10(9-11)12-13(17-2)16-8-7-15-12/h7-8,10-11,14H,3-6,9H2,1-2H3. The highest BCUT2D eigenvalue weighted by molar-refractivity contribution is 5.22. The van der Waals surface area contributed by atoms with Gasteiger partial charge < -0.3 is 10.1 Å². The van der Waals surface area contributed by atoms with Gasteiger partial charge in [0.15, 0.2) is 0 Å². The maximum Gasteiger partial charge on any atom is 0.235 e. The highest BCUT2D eigenvalue weighted by atomic mass is 16.5. The van der Waals surface area contributed by atoms with E-state index in [0.717, 1.165) is 18.7 Å². The van der Waals surface area contributed by atoms with E-state index in [-0.39, 0.29) is 0 Å². The Morgan fingerprint density at radius 3 is 2.94 bits per heavy atom. The topological polar surface area (TPSA) is 47.0 Å². The van der Waals surface area contributed by atoms with Gasteiger partial charge in [-0.1, -0.05) is 13.3 Å². The van der Waals surface area contributed by atoms with Crippen LogP contribution in [-0.2, 0) is 0 Å². The van der Waals surface area contributed by atoms with E-state index >= 15 is 0 Å². The van der Waals surface area contributed by atoms with E-state index in [1.165, 1.54) is 19.3 Å². The second-order valence-corrected chi connectivity index (χ2v) is 4.57. The van der Waals surface area contributed by atoms with Gasteiger partial charge in [0.2, 0.25) is 5.88 Å². The van der Waals surface area contributed by atoms with Gasteiger partial charge in [-0.15, -0.1) is 0 Å². The average Bonchev–Trinajstić information content (AvgIpc) is 2.39. The monoisotopic (exact) mass is 235 g/mol. The number of ether oxygens (including phenoxy) is 1. The minimum Gasteiger partial charge on any atom is -0.480 e. The first-order valence-corrected chi connectivity index (χ1v) is 6.43. The van der Waals surface area contributed by atoms with Crippen molar-refractivity contribution in [2.75, 3.05) is 13.7 Å². The molecule has 1 saturated carbocycles. The fourth-order valence-corrected chi connectivity index (χ4v) is 2.69. The van der Waals surface area contributed by atoms with Crippen molar-refractivity contribution in [3.63, 3.8) is 0 Å². The maximum absolute atomic E-state index is 5.30. The lowest BCUT2D eigenvalue weighted by Crippen LogP contribution is -2.33. The average molecular weight is 235 g/mol. The first-order chi connectivity index (χ1) is 8.35. The fraction of sp³-hybridized carbons (Fsp3) is 0.692. The van der Waals surface area contributed by atoms with Crippen molar-refractivity contribution >= 4 is 0 Å². The zero-order valence-electron chi connectivity index (χ0n) is 10.6. The fourth-order valence-electron chi connectivity index (χ4n) is 2.69. The van der Waals surface area contributed by atoms with Crippen LogP contribution >= 0.6 is 0 Å². The van der Waals surface area contributed by atoms with Crippen molar-refractivity contribution < 1.29 is 4.74 Å². The molecule has 2 unspecified atom stereocenters. The highest BCUT2D eigenvalue weighted by Gasteiger charge is 2.26.